The first-order valence-electron chi connectivity index (χ1n) is 15.8. The molecule has 0 radical (unpaired) electrons. The Kier molecular flexibility index (Phi) is 19.1. The second-order valence-corrected chi connectivity index (χ2v) is 13.0. The number of ketones is 1. The van der Waals surface area contributed by atoms with Gasteiger partial charge >= 0.3 is 18.1 Å². The third-order valence-corrected chi connectivity index (χ3v) is 8.07. The van der Waals surface area contributed by atoms with Crippen LogP contribution in [-0.2, 0) is 55.7 Å². The Bertz CT molecular complexity index is 1720. The molecule has 0 unspecified atom stereocenters. The molecule has 0 spiro atoms. The van der Waals surface area contributed by atoms with E-state index in [1.54, 1.807) is 37.3 Å². The summed E-state index contributed by atoms with van der Waals surface area (Å²) in [5.74, 6) is -7.92. The first-order valence-corrected chi connectivity index (χ1v) is 17.5. The van der Waals surface area contributed by atoms with Gasteiger partial charge in [-0.2, -0.15) is 13.2 Å². The van der Waals surface area contributed by atoms with Crippen molar-refractivity contribution in [2.75, 3.05) is 33.3 Å². The number of esters is 1. The molecular formula is C32H42F3N7O11S. The summed E-state index contributed by atoms with van der Waals surface area (Å²) in [5, 5.41) is 21.3. The number of nitrogens with zero attached hydrogens (tertiary/aromatic N) is 2. The predicted octanol–water partition coefficient (Wildman–Crippen LogP) is -0.699. The van der Waals surface area contributed by atoms with E-state index < -0.39 is 82.6 Å². The molecule has 0 heterocycles. The average molecular weight is 790 g/mol. The lowest BCUT2D eigenvalue weighted by Crippen LogP contribution is -2.53. The number of nitrogens with two attached hydrogens (primary N) is 2. The molecule has 298 valence electrons. The SMILES string of the molecule is CCOC(=O)CNC(=O)C(=O)[C@H](Cc1ccc(O)cc1)NC(=O)CN(C)C(=O)[C@@H](CCCN=C(N)N)NS(=O)(=O)Cc1ccccc1.O=C(O)C(F)(F)F. The monoisotopic (exact) mass is 789 g/mol. The van der Waals surface area contributed by atoms with Gasteiger partial charge in [0, 0.05) is 20.0 Å². The number of hydrogen-bond donors (Lipinski definition) is 7. The summed E-state index contributed by atoms with van der Waals surface area (Å²) >= 11 is 0. The van der Waals surface area contributed by atoms with Crippen LogP contribution in [0.25, 0.3) is 0 Å². The second-order valence-electron chi connectivity index (χ2n) is 11.2. The third-order valence-electron chi connectivity index (χ3n) is 6.71. The summed E-state index contributed by atoms with van der Waals surface area (Å²) in [7, 11) is -2.73. The van der Waals surface area contributed by atoms with Gasteiger partial charge in [-0.1, -0.05) is 42.5 Å². The summed E-state index contributed by atoms with van der Waals surface area (Å²) in [5.41, 5.74) is 11.7. The highest BCUT2D eigenvalue weighted by Crippen LogP contribution is 2.14. The number of ether oxygens (including phenoxy) is 1. The van der Waals surface area contributed by atoms with Gasteiger partial charge in [0.1, 0.15) is 24.4 Å². The first kappa shape index (κ1) is 46.3. The number of rotatable bonds is 19. The van der Waals surface area contributed by atoms with Crippen molar-refractivity contribution < 1.29 is 65.3 Å². The maximum atomic E-state index is 13.4. The van der Waals surface area contributed by atoms with E-state index in [1.807, 2.05) is 0 Å². The van der Waals surface area contributed by atoms with Gasteiger partial charge in [0.25, 0.3) is 5.91 Å². The van der Waals surface area contributed by atoms with E-state index in [2.05, 4.69) is 20.3 Å². The molecule has 0 aliphatic rings. The maximum Gasteiger partial charge on any atom is 0.490 e. The van der Waals surface area contributed by atoms with E-state index in [1.165, 1.54) is 31.3 Å². The third kappa shape index (κ3) is 18.6. The Morgan fingerprint density at radius 1 is 0.963 bits per heavy atom. The minimum Gasteiger partial charge on any atom is -0.508 e. The number of nitrogens with one attached hydrogen (secondary N) is 3. The van der Waals surface area contributed by atoms with Gasteiger partial charge in [-0.3, -0.25) is 29.0 Å². The van der Waals surface area contributed by atoms with Gasteiger partial charge in [-0.15, -0.1) is 0 Å². The molecule has 0 bridgehead atoms. The van der Waals surface area contributed by atoms with Gasteiger partial charge in [-0.25, -0.2) is 17.9 Å². The molecule has 2 atom stereocenters. The smallest absolute Gasteiger partial charge is 0.490 e. The molecule has 54 heavy (non-hydrogen) atoms. The number of alkyl halides is 3. The van der Waals surface area contributed by atoms with Crippen LogP contribution in [0.15, 0.2) is 59.6 Å². The van der Waals surface area contributed by atoms with Crippen LogP contribution in [0.2, 0.25) is 0 Å². The minimum atomic E-state index is -5.08. The summed E-state index contributed by atoms with van der Waals surface area (Å²) in [6.45, 7) is 0.592. The molecular weight excluding hydrogens is 747 g/mol. The molecule has 0 aliphatic heterocycles. The van der Waals surface area contributed by atoms with Gasteiger partial charge in [0.05, 0.1) is 18.9 Å². The van der Waals surface area contributed by atoms with Gasteiger partial charge in [0.2, 0.25) is 27.6 Å². The molecule has 0 saturated carbocycles. The van der Waals surface area contributed by atoms with E-state index in [-0.39, 0.29) is 44.1 Å². The fraction of sp³-hybridized carbons (Fsp3) is 0.406. The zero-order valence-corrected chi connectivity index (χ0v) is 30.0. The number of phenolic OH excluding ortho intramolecular Hbond substituents is 1. The fourth-order valence-corrected chi connectivity index (χ4v) is 5.64. The van der Waals surface area contributed by atoms with E-state index in [0.29, 0.717) is 11.1 Å². The summed E-state index contributed by atoms with van der Waals surface area (Å²) in [6, 6.07) is 11.3. The van der Waals surface area contributed by atoms with E-state index >= 15 is 0 Å². The quantitative estimate of drug-likeness (QED) is 0.0305. The highest BCUT2D eigenvalue weighted by molar-refractivity contribution is 7.88. The largest absolute Gasteiger partial charge is 0.508 e. The van der Waals surface area contributed by atoms with Crippen LogP contribution in [0.4, 0.5) is 13.2 Å². The normalized spacial score (nSPS) is 12.1. The molecule has 22 heteroatoms. The Labute approximate surface area is 308 Å². The number of sulfonamides is 1. The van der Waals surface area contributed by atoms with Crippen LogP contribution >= 0.6 is 0 Å². The van der Waals surface area contributed by atoms with Gasteiger partial charge < -0.3 is 42.0 Å². The van der Waals surface area contributed by atoms with Crippen LogP contribution in [0.1, 0.15) is 30.9 Å². The number of likely N-dealkylation sites (N-methyl/N-ethyl adjacent to an activating group) is 1. The molecule has 3 amide bonds. The van der Waals surface area contributed by atoms with Crippen LogP contribution in [-0.4, -0.2) is 116 Å². The Balaban J connectivity index is 0.00000189. The summed E-state index contributed by atoms with van der Waals surface area (Å²) in [4.78, 5) is 77.5. The van der Waals surface area contributed by atoms with Crippen molar-refractivity contribution in [1.29, 1.82) is 0 Å². The lowest BCUT2D eigenvalue weighted by molar-refractivity contribution is -0.192. The second kappa shape index (κ2) is 22.3. The van der Waals surface area contributed by atoms with Crippen molar-refractivity contribution in [3.05, 3.63) is 65.7 Å². The number of Topliss-reactive ketones (excluding diaryl/α,β-unsaturated/α-hetero) is 1. The van der Waals surface area contributed by atoms with Crippen molar-refractivity contribution >= 4 is 51.4 Å². The number of aliphatic imine (C=N–C) groups is 1. The van der Waals surface area contributed by atoms with Crippen LogP contribution in [0.3, 0.4) is 0 Å². The number of hydrogen-bond acceptors (Lipinski definition) is 11. The Morgan fingerprint density at radius 3 is 2.09 bits per heavy atom. The van der Waals surface area contributed by atoms with E-state index in [4.69, 9.17) is 26.1 Å². The summed E-state index contributed by atoms with van der Waals surface area (Å²) < 4.78 is 64.8. The van der Waals surface area contributed by atoms with Gasteiger partial charge in [-0.05, 0) is 43.0 Å². The standard InChI is InChI=1S/C30H41N7O9S.C2HF3O2/c1-3-46-26(40)17-34-28(42)27(41)24(16-20-11-13-22(38)14-12-20)35-25(39)18-37(2)29(43)23(10-7-15-33-30(31)32)36-47(44,45)19-21-8-5-4-6-9-21;3-2(4,5)1(6)7/h4-6,8-9,11-14,23-24,36,38H,3,7,10,15-19H2,1-2H3,(H,34,42)(H,35,39)(H4,31,32,33);(H,6,7)/t23-,24+;/m1./s1. The minimum absolute atomic E-state index is 0.00179. The zero-order valence-electron chi connectivity index (χ0n) is 29.2. The van der Waals surface area contributed by atoms with E-state index in [9.17, 15) is 50.7 Å². The first-order chi connectivity index (χ1) is 25.1. The molecule has 9 N–H and O–H groups in total. The topological polar surface area (TPSA) is 290 Å². The van der Waals surface area contributed by atoms with Crippen molar-refractivity contribution in [3.63, 3.8) is 0 Å². The number of carbonyl (C=O) groups is 6. The fourth-order valence-electron chi connectivity index (χ4n) is 4.27. The molecule has 0 aliphatic carbocycles. The number of carboxylic acid groups (broad SMARTS) is 1. The van der Waals surface area contributed by atoms with Crippen molar-refractivity contribution in [1.82, 2.24) is 20.3 Å². The number of benzene rings is 2. The lowest BCUT2D eigenvalue weighted by atomic mass is 10.0. The average Bonchev–Trinajstić information content (AvgIpc) is 3.08. The number of aromatic hydroxyl groups is 1. The lowest BCUT2D eigenvalue weighted by Gasteiger charge is -2.25. The maximum absolute atomic E-state index is 13.4. The van der Waals surface area contributed by atoms with Crippen molar-refractivity contribution in [2.24, 2.45) is 16.5 Å². The number of halogens is 3. The Morgan fingerprint density at radius 2 is 1.56 bits per heavy atom. The predicted molar refractivity (Wildman–Crippen MR) is 186 cm³/mol. The zero-order chi connectivity index (χ0) is 41.1. The number of amides is 3. The van der Waals surface area contributed by atoms with Crippen LogP contribution in [0, 0.1) is 0 Å². The van der Waals surface area contributed by atoms with Crippen LogP contribution < -0.4 is 26.8 Å². The number of phenols is 1. The highest BCUT2D eigenvalue weighted by atomic mass is 32.2. The highest BCUT2D eigenvalue weighted by Gasteiger charge is 2.38. The molecule has 2 rings (SSSR count). The Hall–Kier alpha value is -5.77. The number of aliphatic carboxylic acids is 1. The summed E-state index contributed by atoms with van der Waals surface area (Å²) in [6.07, 6.45) is -5.02. The molecule has 0 fully saturated rings. The number of guanidine groups is 1. The van der Waals surface area contributed by atoms with Gasteiger partial charge in [0.15, 0.2) is 5.96 Å². The molecule has 0 saturated heterocycles. The number of carbonyl (C=O) groups excluding carboxylic acids is 5. The number of carboxylic acids is 1. The van der Waals surface area contributed by atoms with Crippen molar-refractivity contribution in [2.45, 2.75) is 50.2 Å². The van der Waals surface area contributed by atoms with E-state index in [0.717, 1.165) is 4.90 Å². The van der Waals surface area contributed by atoms with Crippen LogP contribution in [0.5, 0.6) is 5.75 Å². The molecule has 2 aromatic carbocycles. The molecule has 0 aromatic heterocycles. The molecule has 2 aromatic rings. The van der Waals surface area contributed by atoms with Crippen molar-refractivity contribution in [3.8, 4) is 5.75 Å². The molecule has 18 nitrogen and oxygen atoms in total.